The number of fused-ring (bicyclic) bond motifs is 2. The van der Waals surface area contributed by atoms with Gasteiger partial charge in [0.25, 0.3) is 0 Å². The second-order valence-electron chi connectivity index (χ2n) is 6.93. The third-order valence-electron chi connectivity index (χ3n) is 5.90. The van der Waals surface area contributed by atoms with E-state index in [1.165, 1.54) is 37.5 Å². The lowest BCUT2D eigenvalue weighted by Crippen LogP contribution is -2.33. The van der Waals surface area contributed by atoms with E-state index < -0.39 is 0 Å². The number of hydrogen-bond donors (Lipinski definition) is 0. The number of rotatable bonds is 4. The van der Waals surface area contributed by atoms with Crippen molar-refractivity contribution < 1.29 is 14.3 Å². The van der Waals surface area contributed by atoms with E-state index in [-0.39, 0.29) is 11.4 Å². The number of methoxy groups -OCH3 is 1. The van der Waals surface area contributed by atoms with Crippen molar-refractivity contribution in [2.24, 2.45) is 11.3 Å². The van der Waals surface area contributed by atoms with Crippen LogP contribution in [-0.4, -0.2) is 18.9 Å². The summed E-state index contributed by atoms with van der Waals surface area (Å²) in [7, 11) is 1.45. The Morgan fingerprint density at radius 2 is 2.10 bits per heavy atom. The van der Waals surface area contributed by atoms with Crippen molar-refractivity contribution in [2.75, 3.05) is 7.11 Å². The number of ketones is 1. The van der Waals surface area contributed by atoms with Crippen molar-refractivity contribution in [1.29, 1.82) is 0 Å². The molecule has 3 aliphatic carbocycles. The van der Waals surface area contributed by atoms with Crippen LogP contribution in [0.3, 0.4) is 0 Å². The molecule has 0 bridgehead atoms. The van der Waals surface area contributed by atoms with E-state index in [0.29, 0.717) is 18.1 Å². The van der Waals surface area contributed by atoms with Crippen LogP contribution in [-0.2, 0) is 14.3 Å². The Morgan fingerprint density at radius 1 is 1.24 bits per heavy atom. The van der Waals surface area contributed by atoms with Gasteiger partial charge in [0, 0.05) is 12.8 Å². The second kappa shape index (κ2) is 5.94. The average molecular weight is 290 g/mol. The van der Waals surface area contributed by atoms with Crippen LogP contribution in [0.15, 0.2) is 11.1 Å². The van der Waals surface area contributed by atoms with Crippen molar-refractivity contribution in [3.8, 4) is 0 Å². The molecule has 0 heterocycles. The maximum absolute atomic E-state index is 12.6. The summed E-state index contributed by atoms with van der Waals surface area (Å²) < 4.78 is 4.72. The molecular weight excluding hydrogens is 264 g/mol. The number of hydrogen-bond acceptors (Lipinski definition) is 3. The Morgan fingerprint density at radius 3 is 2.86 bits per heavy atom. The molecule has 116 valence electrons. The van der Waals surface area contributed by atoms with E-state index in [1.807, 2.05) is 0 Å². The molecule has 2 atom stereocenters. The van der Waals surface area contributed by atoms with Crippen molar-refractivity contribution in [1.82, 2.24) is 0 Å². The van der Waals surface area contributed by atoms with Crippen LogP contribution in [0.25, 0.3) is 0 Å². The zero-order chi connectivity index (χ0) is 14.9. The number of allylic oxidation sites excluding steroid dienone is 2. The van der Waals surface area contributed by atoms with Gasteiger partial charge in [0.2, 0.25) is 0 Å². The Kier molecular flexibility index (Phi) is 4.19. The number of esters is 1. The fraction of sp³-hybridized carbons (Fsp3) is 0.778. The molecule has 1 unspecified atom stereocenters. The van der Waals surface area contributed by atoms with Gasteiger partial charge >= 0.3 is 5.97 Å². The predicted octanol–water partition coefficient (Wildman–Crippen LogP) is 3.96. The van der Waals surface area contributed by atoms with Gasteiger partial charge in [0.1, 0.15) is 5.78 Å². The normalized spacial score (nSPS) is 31.9. The molecule has 3 nitrogen and oxygen atoms in total. The summed E-state index contributed by atoms with van der Waals surface area (Å²) in [6.07, 6.45) is 11.2. The lowest BCUT2D eigenvalue weighted by molar-refractivity contribution is -0.140. The van der Waals surface area contributed by atoms with E-state index in [2.05, 4.69) is 0 Å². The van der Waals surface area contributed by atoms with E-state index in [4.69, 9.17) is 4.74 Å². The molecule has 0 aromatic carbocycles. The molecule has 0 amide bonds. The molecule has 3 heteroatoms. The van der Waals surface area contributed by atoms with Crippen molar-refractivity contribution in [3.63, 3.8) is 0 Å². The summed E-state index contributed by atoms with van der Waals surface area (Å²) in [5, 5.41) is 0. The molecule has 2 fully saturated rings. The van der Waals surface area contributed by atoms with Gasteiger partial charge in [-0.15, -0.1) is 0 Å². The average Bonchev–Trinajstić information content (AvgIpc) is 3.05. The summed E-state index contributed by atoms with van der Waals surface area (Å²) in [6, 6.07) is 0. The van der Waals surface area contributed by atoms with Gasteiger partial charge in [0.15, 0.2) is 0 Å². The monoisotopic (exact) mass is 290 g/mol. The quantitative estimate of drug-likeness (QED) is 0.581. The predicted molar refractivity (Wildman–Crippen MR) is 80.8 cm³/mol. The van der Waals surface area contributed by atoms with E-state index >= 15 is 0 Å². The largest absolute Gasteiger partial charge is 0.469 e. The third kappa shape index (κ3) is 2.56. The topological polar surface area (TPSA) is 43.4 Å². The molecule has 0 N–H and O–H groups in total. The summed E-state index contributed by atoms with van der Waals surface area (Å²) in [6.45, 7) is 0. The van der Waals surface area contributed by atoms with E-state index in [1.54, 1.807) is 0 Å². The van der Waals surface area contributed by atoms with Crippen LogP contribution < -0.4 is 0 Å². The van der Waals surface area contributed by atoms with Crippen LogP contribution in [0.4, 0.5) is 0 Å². The zero-order valence-electron chi connectivity index (χ0n) is 13.1. The van der Waals surface area contributed by atoms with Crippen molar-refractivity contribution in [2.45, 2.75) is 70.6 Å². The molecule has 3 rings (SSSR count). The van der Waals surface area contributed by atoms with Crippen molar-refractivity contribution >= 4 is 11.8 Å². The molecule has 0 aromatic rings. The number of carbonyl (C=O) groups is 2. The minimum absolute atomic E-state index is 0.0833. The van der Waals surface area contributed by atoms with Crippen molar-refractivity contribution in [3.05, 3.63) is 11.1 Å². The summed E-state index contributed by atoms with van der Waals surface area (Å²) in [4.78, 5) is 23.9. The highest BCUT2D eigenvalue weighted by atomic mass is 16.5. The fourth-order valence-electron chi connectivity index (χ4n) is 4.94. The minimum atomic E-state index is -0.120. The first-order chi connectivity index (χ1) is 10.2. The Balaban J connectivity index is 1.76. The number of Topliss-reactive ketones (excluding diaryl/α,β-unsaturated/α-hetero) is 1. The zero-order valence-corrected chi connectivity index (χ0v) is 13.1. The fourth-order valence-corrected chi connectivity index (χ4v) is 4.94. The van der Waals surface area contributed by atoms with Crippen LogP contribution in [0.2, 0.25) is 0 Å². The molecule has 2 saturated carbocycles. The first-order valence-electron chi connectivity index (χ1n) is 8.50. The van der Waals surface area contributed by atoms with E-state index in [9.17, 15) is 9.59 Å². The molecule has 1 spiro atoms. The Labute approximate surface area is 127 Å². The van der Waals surface area contributed by atoms with Gasteiger partial charge < -0.3 is 4.74 Å². The van der Waals surface area contributed by atoms with Gasteiger partial charge in [0.05, 0.1) is 12.5 Å². The smallest absolute Gasteiger partial charge is 0.305 e. The summed E-state index contributed by atoms with van der Waals surface area (Å²) in [5.74, 6) is 1.06. The van der Waals surface area contributed by atoms with Crippen LogP contribution in [0.1, 0.15) is 70.6 Å². The molecule has 0 aromatic heterocycles. The van der Waals surface area contributed by atoms with Crippen LogP contribution in [0.5, 0.6) is 0 Å². The van der Waals surface area contributed by atoms with Gasteiger partial charge in [-0.3, -0.25) is 9.59 Å². The van der Waals surface area contributed by atoms with Crippen LogP contribution >= 0.6 is 0 Å². The summed E-state index contributed by atoms with van der Waals surface area (Å²) in [5.41, 5.74) is 2.95. The lowest BCUT2D eigenvalue weighted by atomic mass is 9.68. The summed E-state index contributed by atoms with van der Waals surface area (Å²) >= 11 is 0. The maximum atomic E-state index is 12.6. The van der Waals surface area contributed by atoms with Gasteiger partial charge in [-0.25, -0.2) is 0 Å². The second-order valence-corrected chi connectivity index (χ2v) is 6.93. The molecule has 0 aliphatic heterocycles. The lowest BCUT2D eigenvalue weighted by Gasteiger charge is -2.34. The van der Waals surface area contributed by atoms with Gasteiger partial charge in [-0.1, -0.05) is 17.6 Å². The highest BCUT2D eigenvalue weighted by Gasteiger charge is 2.51. The first kappa shape index (κ1) is 14.8. The molecule has 0 saturated heterocycles. The first-order valence-corrected chi connectivity index (χ1v) is 8.50. The SMILES string of the molecule is COC(=O)CCCC1=C2[C@H](CC1)CCC21CCCCC1=O. The van der Waals surface area contributed by atoms with Gasteiger partial charge in [-0.2, -0.15) is 0 Å². The Hall–Kier alpha value is -1.12. The molecular formula is C18H26O3. The highest BCUT2D eigenvalue weighted by Crippen LogP contribution is 2.59. The molecule has 0 radical (unpaired) electrons. The molecule has 3 aliphatic rings. The Bertz CT molecular complexity index is 473. The maximum Gasteiger partial charge on any atom is 0.305 e. The number of carbonyl (C=O) groups excluding carboxylic acids is 2. The van der Waals surface area contributed by atoms with Gasteiger partial charge in [-0.05, 0) is 57.3 Å². The minimum Gasteiger partial charge on any atom is -0.469 e. The number of ether oxygens (including phenoxy) is 1. The van der Waals surface area contributed by atoms with E-state index in [0.717, 1.165) is 44.9 Å². The van der Waals surface area contributed by atoms with Crippen LogP contribution in [0, 0.1) is 11.3 Å². The third-order valence-corrected chi connectivity index (χ3v) is 5.90. The standard InChI is InChI=1S/C18H26O3/c1-21-16(20)7-4-5-13-8-9-14-10-12-18(17(13)14)11-3-2-6-15(18)19/h14H,2-12H2,1H3/t14-,18?/m1/s1. The molecule has 21 heavy (non-hydrogen) atoms. The highest BCUT2D eigenvalue weighted by molar-refractivity contribution is 5.89.